The molecule has 2 aliphatic heterocycles. The van der Waals surface area contributed by atoms with Crippen LogP contribution in [-0.4, -0.2) is 50.6 Å². The molecule has 12 heteroatoms. The van der Waals surface area contributed by atoms with E-state index in [9.17, 15) is 14.7 Å². The Bertz CT molecular complexity index is 1030. The fourth-order valence-electron chi connectivity index (χ4n) is 3.06. The number of aliphatic hydroxyl groups excluding tert-OH is 1. The van der Waals surface area contributed by atoms with Crippen LogP contribution >= 0.6 is 23.2 Å². The first kappa shape index (κ1) is 19.4. The highest BCUT2D eigenvalue weighted by atomic mass is 35.5. The van der Waals surface area contributed by atoms with Gasteiger partial charge in [-0.25, -0.2) is 9.59 Å². The molecule has 3 heterocycles. The number of halogens is 2. The van der Waals surface area contributed by atoms with E-state index in [1.54, 1.807) is 18.2 Å². The number of nitrogens with zero attached hydrogens (tertiary/aromatic N) is 4. The molecule has 1 unspecified atom stereocenters. The number of aromatic nitrogens is 3. The number of ether oxygens (including phenoxy) is 2. The maximum Gasteiger partial charge on any atom is 0.372 e. The molecular formula is C17H13Cl2N5O5. The maximum absolute atomic E-state index is 12.0. The van der Waals surface area contributed by atoms with Crippen molar-refractivity contribution in [1.29, 1.82) is 0 Å². The molecule has 29 heavy (non-hydrogen) atoms. The van der Waals surface area contributed by atoms with Crippen LogP contribution in [0.15, 0.2) is 30.4 Å². The molecule has 0 aliphatic carbocycles. The number of nitrogens with two attached hydrogens (primary N) is 1. The molecule has 1 atom stereocenters. The van der Waals surface area contributed by atoms with Crippen molar-refractivity contribution in [2.75, 3.05) is 17.2 Å². The van der Waals surface area contributed by atoms with Gasteiger partial charge in [0.05, 0.1) is 5.02 Å². The lowest BCUT2D eigenvalue weighted by atomic mass is 10.2. The van der Waals surface area contributed by atoms with Crippen molar-refractivity contribution in [2.45, 2.75) is 18.4 Å². The highest BCUT2D eigenvalue weighted by Gasteiger charge is 2.57. The van der Waals surface area contributed by atoms with Gasteiger partial charge in [0, 0.05) is 35.7 Å². The number of nitrogen functional groups attached to an aromatic ring is 1. The lowest BCUT2D eigenvalue weighted by Gasteiger charge is -2.36. The van der Waals surface area contributed by atoms with Gasteiger partial charge in [-0.05, 0) is 18.2 Å². The summed E-state index contributed by atoms with van der Waals surface area (Å²) in [5.41, 5.74) is 6.22. The summed E-state index contributed by atoms with van der Waals surface area (Å²) in [4.78, 5) is 37.6. The highest BCUT2D eigenvalue weighted by Crippen LogP contribution is 2.38. The van der Waals surface area contributed by atoms with E-state index < -0.39 is 24.0 Å². The quantitative estimate of drug-likeness (QED) is 0.660. The molecule has 0 radical (unpaired) electrons. The van der Waals surface area contributed by atoms with Gasteiger partial charge in [0.15, 0.2) is 11.9 Å². The Hall–Kier alpha value is -2.95. The Morgan fingerprint density at radius 1 is 1.14 bits per heavy atom. The first-order valence-corrected chi connectivity index (χ1v) is 9.11. The van der Waals surface area contributed by atoms with Gasteiger partial charge in [0.1, 0.15) is 0 Å². The average Bonchev–Trinajstić information content (AvgIpc) is 2.87. The van der Waals surface area contributed by atoms with E-state index in [2.05, 4.69) is 15.0 Å². The van der Waals surface area contributed by atoms with Crippen LogP contribution < -0.4 is 10.6 Å². The normalized spacial score (nSPS) is 20.5. The van der Waals surface area contributed by atoms with E-state index in [4.69, 9.17) is 38.4 Å². The van der Waals surface area contributed by atoms with E-state index in [1.807, 2.05) is 0 Å². The molecule has 150 valence electrons. The second-order valence-electron chi connectivity index (χ2n) is 6.20. The third-order valence-electron chi connectivity index (χ3n) is 4.32. The van der Waals surface area contributed by atoms with Crippen molar-refractivity contribution >= 4 is 47.0 Å². The summed E-state index contributed by atoms with van der Waals surface area (Å²) in [6, 6.07) is 4.72. The third kappa shape index (κ3) is 3.46. The van der Waals surface area contributed by atoms with E-state index in [0.717, 1.165) is 12.2 Å². The maximum atomic E-state index is 12.0. The van der Waals surface area contributed by atoms with Crippen molar-refractivity contribution in [3.8, 4) is 11.4 Å². The summed E-state index contributed by atoms with van der Waals surface area (Å²) >= 11 is 12.3. The minimum absolute atomic E-state index is 0.0809. The summed E-state index contributed by atoms with van der Waals surface area (Å²) < 4.78 is 10.5. The third-order valence-corrected chi connectivity index (χ3v) is 4.89. The Morgan fingerprint density at radius 2 is 1.83 bits per heavy atom. The number of carbonyl (C=O) groups excluding carboxylic acids is 2. The number of rotatable bonds is 2. The number of aliphatic hydroxyl groups is 1. The Balaban J connectivity index is 1.82. The van der Waals surface area contributed by atoms with Gasteiger partial charge in [0.2, 0.25) is 11.9 Å². The van der Waals surface area contributed by atoms with Crippen molar-refractivity contribution < 1.29 is 24.2 Å². The summed E-state index contributed by atoms with van der Waals surface area (Å²) in [5.74, 6) is -4.03. The second-order valence-corrected chi connectivity index (χ2v) is 7.05. The number of esters is 2. The molecule has 1 saturated heterocycles. The predicted octanol–water partition coefficient (Wildman–Crippen LogP) is 1.31. The smallest absolute Gasteiger partial charge is 0.372 e. The molecule has 4 rings (SSSR count). The summed E-state index contributed by atoms with van der Waals surface area (Å²) in [7, 11) is 0. The topological polar surface area (TPSA) is 141 Å². The summed E-state index contributed by atoms with van der Waals surface area (Å²) in [6.07, 6.45) is 0.573. The first-order chi connectivity index (χ1) is 13.8. The van der Waals surface area contributed by atoms with Gasteiger partial charge in [-0.3, -0.25) is 4.90 Å². The van der Waals surface area contributed by atoms with Crippen LogP contribution in [0.2, 0.25) is 10.0 Å². The number of anilines is 2. The molecule has 2 aliphatic rings. The Kier molecular flexibility index (Phi) is 4.77. The van der Waals surface area contributed by atoms with E-state index >= 15 is 0 Å². The van der Waals surface area contributed by atoms with Crippen molar-refractivity contribution in [3.63, 3.8) is 0 Å². The van der Waals surface area contributed by atoms with Crippen LogP contribution in [-0.2, 0) is 19.1 Å². The van der Waals surface area contributed by atoms with E-state index in [1.165, 1.54) is 4.90 Å². The minimum Gasteiger partial charge on any atom is -0.398 e. The van der Waals surface area contributed by atoms with Crippen LogP contribution in [0.4, 0.5) is 11.9 Å². The first-order valence-electron chi connectivity index (χ1n) is 8.35. The second kappa shape index (κ2) is 7.14. The summed E-state index contributed by atoms with van der Waals surface area (Å²) in [6.45, 7) is 0.105. The molecule has 0 bridgehead atoms. The van der Waals surface area contributed by atoms with Gasteiger partial charge >= 0.3 is 17.8 Å². The molecule has 1 aromatic carbocycles. The molecule has 2 aromatic rings. The Labute approximate surface area is 173 Å². The van der Waals surface area contributed by atoms with Gasteiger partial charge in [-0.2, -0.15) is 15.0 Å². The molecule has 3 N–H and O–H groups in total. The number of hydrogen-bond acceptors (Lipinski definition) is 10. The van der Waals surface area contributed by atoms with Crippen LogP contribution in [0.5, 0.6) is 0 Å². The zero-order valence-electron chi connectivity index (χ0n) is 14.6. The van der Waals surface area contributed by atoms with Crippen molar-refractivity contribution in [2.24, 2.45) is 0 Å². The zero-order chi connectivity index (χ0) is 20.8. The Morgan fingerprint density at radius 3 is 2.52 bits per heavy atom. The van der Waals surface area contributed by atoms with Gasteiger partial charge in [0.25, 0.3) is 0 Å². The van der Waals surface area contributed by atoms with Gasteiger partial charge in [-0.1, -0.05) is 23.2 Å². The SMILES string of the molecule is Nc1nc(-c2cc(Cl)ccc2Cl)nc(N2CCC(O)C23OC(=O)C=CC(=O)O3)n1. The molecule has 0 amide bonds. The summed E-state index contributed by atoms with van der Waals surface area (Å²) in [5, 5.41) is 11.2. The van der Waals surface area contributed by atoms with E-state index in [0.29, 0.717) is 15.6 Å². The van der Waals surface area contributed by atoms with Gasteiger partial charge < -0.3 is 20.3 Å². The van der Waals surface area contributed by atoms with E-state index in [-0.39, 0.29) is 30.7 Å². The predicted molar refractivity (Wildman–Crippen MR) is 102 cm³/mol. The molecule has 10 nitrogen and oxygen atoms in total. The van der Waals surface area contributed by atoms with Crippen LogP contribution in [0.1, 0.15) is 6.42 Å². The lowest BCUT2D eigenvalue weighted by Crippen LogP contribution is -2.57. The molecule has 0 saturated carbocycles. The molecular weight excluding hydrogens is 425 g/mol. The van der Waals surface area contributed by atoms with Crippen LogP contribution in [0, 0.1) is 0 Å². The zero-order valence-corrected chi connectivity index (χ0v) is 16.1. The fourth-order valence-corrected chi connectivity index (χ4v) is 3.43. The standard InChI is InChI=1S/C17H13Cl2N5O5/c18-8-1-2-10(19)9(7-8)14-21-15(20)23-16(22-14)24-6-5-11(25)17(24)28-12(26)3-4-13(27)29-17/h1-4,7,11,25H,5-6H2,(H2,20,21,22,23). The van der Waals surface area contributed by atoms with Gasteiger partial charge in [-0.15, -0.1) is 0 Å². The highest BCUT2D eigenvalue weighted by molar-refractivity contribution is 6.35. The lowest BCUT2D eigenvalue weighted by molar-refractivity contribution is -0.243. The molecule has 1 spiro atoms. The molecule has 1 aromatic heterocycles. The number of carbonyl (C=O) groups is 2. The molecule has 1 fully saturated rings. The minimum atomic E-state index is -2.14. The number of hydrogen-bond donors (Lipinski definition) is 2. The largest absolute Gasteiger partial charge is 0.398 e. The van der Waals surface area contributed by atoms with Crippen molar-refractivity contribution in [1.82, 2.24) is 15.0 Å². The van der Waals surface area contributed by atoms with Crippen LogP contribution in [0.3, 0.4) is 0 Å². The average molecular weight is 438 g/mol. The van der Waals surface area contributed by atoms with Crippen molar-refractivity contribution in [3.05, 3.63) is 40.4 Å². The monoisotopic (exact) mass is 437 g/mol. The fraction of sp³-hybridized carbons (Fsp3) is 0.235. The van der Waals surface area contributed by atoms with Crippen LogP contribution in [0.25, 0.3) is 11.4 Å². The number of benzene rings is 1.